The Morgan fingerprint density at radius 3 is 1.40 bits per heavy atom. The van der Waals surface area contributed by atoms with Gasteiger partial charge < -0.3 is 0 Å². The molecule has 2 heterocycles. The van der Waals surface area contributed by atoms with Crippen molar-refractivity contribution in [1.29, 1.82) is 0 Å². The Balaban J connectivity index is 1.15. The quantitative estimate of drug-likeness (QED) is 0.139. The normalized spacial score (nSPS) is 11.8. The summed E-state index contributed by atoms with van der Waals surface area (Å²) in [5.74, 6) is 0. The lowest BCUT2D eigenvalue weighted by Crippen LogP contribution is -1.92. The van der Waals surface area contributed by atoms with Crippen molar-refractivity contribution in [2.75, 3.05) is 0 Å². The first-order valence-corrected chi connectivity index (χ1v) is 17.8. The maximum Gasteiger partial charge on any atom is 0.0972 e. The van der Waals surface area contributed by atoms with Gasteiger partial charge in [0, 0.05) is 22.5 Å². The average molecular weight is 659 g/mol. The highest BCUT2D eigenvalue weighted by Crippen LogP contribution is 2.45. The summed E-state index contributed by atoms with van der Waals surface area (Å²) in [5, 5.41) is 14.7. The summed E-state index contributed by atoms with van der Waals surface area (Å²) >= 11 is 0. The summed E-state index contributed by atoms with van der Waals surface area (Å²) < 4.78 is 0. The molecule has 0 aliphatic carbocycles. The van der Waals surface area contributed by atoms with Gasteiger partial charge in [-0.15, -0.1) is 0 Å². The first-order valence-electron chi connectivity index (χ1n) is 17.8. The zero-order valence-electron chi connectivity index (χ0n) is 28.2. The van der Waals surface area contributed by atoms with Crippen LogP contribution in [0.15, 0.2) is 182 Å². The predicted molar refractivity (Wildman–Crippen MR) is 221 cm³/mol. The Labute approximate surface area is 300 Å². The van der Waals surface area contributed by atoms with Crippen molar-refractivity contribution in [2.45, 2.75) is 0 Å². The Hall–Kier alpha value is -6.90. The molecular weight excluding hydrogens is 629 g/mol. The molecule has 240 valence electrons. The first-order chi connectivity index (χ1) is 25.8. The molecule has 0 aliphatic rings. The molecule has 0 spiro atoms. The maximum absolute atomic E-state index is 5.18. The predicted octanol–water partition coefficient (Wildman–Crippen LogP) is 13.5. The van der Waals surface area contributed by atoms with Gasteiger partial charge in [0.15, 0.2) is 0 Å². The van der Waals surface area contributed by atoms with Gasteiger partial charge in [0.05, 0.1) is 16.7 Å². The van der Waals surface area contributed by atoms with Gasteiger partial charge in [0.2, 0.25) is 0 Å². The number of benzene rings is 9. The Morgan fingerprint density at radius 2 is 0.769 bits per heavy atom. The van der Waals surface area contributed by atoms with Crippen LogP contribution < -0.4 is 0 Å². The fourth-order valence-electron chi connectivity index (χ4n) is 8.51. The zero-order valence-corrected chi connectivity index (χ0v) is 28.2. The van der Waals surface area contributed by atoms with Gasteiger partial charge in [-0.3, -0.25) is 4.98 Å². The summed E-state index contributed by atoms with van der Waals surface area (Å²) in [7, 11) is 0. The van der Waals surface area contributed by atoms with Crippen molar-refractivity contribution >= 4 is 75.7 Å². The summed E-state index contributed by atoms with van der Waals surface area (Å²) in [5.41, 5.74) is 8.94. The molecule has 0 saturated heterocycles. The highest BCUT2D eigenvalue weighted by Gasteiger charge is 2.18. The van der Waals surface area contributed by atoms with Crippen molar-refractivity contribution in [3.63, 3.8) is 0 Å². The Kier molecular flexibility index (Phi) is 6.28. The van der Waals surface area contributed by atoms with E-state index in [1.165, 1.54) is 76.1 Å². The van der Waals surface area contributed by atoms with Crippen LogP contribution in [-0.4, -0.2) is 9.97 Å². The van der Waals surface area contributed by atoms with Crippen LogP contribution in [0.5, 0.6) is 0 Å². The van der Waals surface area contributed by atoms with E-state index in [1.807, 2.05) is 12.3 Å². The van der Waals surface area contributed by atoms with E-state index in [1.54, 1.807) is 0 Å². The van der Waals surface area contributed by atoms with Gasteiger partial charge in [-0.05, 0) is 100 Å². The van der Waals surface area contributed by atoms with E-state index in [9.17, 15) is 0 Å². The van der Waals surface area contributed by atoms with E-state index in [4.69, 9.17) is 4.98 Å². The lowest BCUT2D eigenvalue weighted by Gasteiger charge is -2.18. The van der Waals surface area contributed by atoms with E-state index in [0.29, 0.717) is 0 Å². The summed E-state index contributed by atoms with van der Waals surface area (Å²) in [4.78, 5) is 9.87. The van der Waals surface area contributed by atoms with Crippen LogP contribution in [0.2, 0.25) is 0 Å². The SMILES string of the molecule is c1ccc(-c2c3ccccc3c(-c3ccc4c5ccc(-c6ccc7ccc8cccnc8c7n6)cc5c5ccccc5c4c3)c3ccccc23)cc1. The highest BCUT2D eigenvalue weighted by atomic mass is 14.7. The lowest BCUT2D eigenvalue weighted by molar-refractivity contribution is 1.37. The van der Waals surface area contributed by atoms with Crippen molar-refractivity contribution in [1.82, 2.24) is 9.97 Å². The molecule has 0 amide bonds. The van der Waals surface area contributed by atoms with Crippen molar-refractivity contribution < 1.29 is 0 Å². The van der Waals surface area contributed by atoms with E-state index < -0.39 is 0 Å². The van der Waals surface area contributed by atoms with E-state index in [2.05, 4.69) is 175 Å². The van der Waals surface area contributed by atoms with E-state index in [-0.39, 0.29) is 0 Å². The molecular formula is C50H30N2. The third-order valence-electron chi connectivity index (χ3n) is 10.8. The van der Waals surface area contributed by atoms with Crippen LogP contribution in [0.3, 0.4) is 0 Å². The fraction of sp³-hybridized carbons (Fsp3) is 0. The Bertz CT molecular complexity index is 3160. The molecule has 0 atom stereocenters. The topological polar surface area (TPSA) is 25.8 Å². The molecule has 0 aliphatic heterocycles. The minimum absolute atomic E-state index is 0.934. The molecule has 11 aromatic rings. The number of aromatic nitrogens is 2. The van der Waals surface area contributed by atoms with Crippen molar-refractivity contribution in [3.8, 4) is 33.5 Å². The van der Waals surface area contributed by atoms with Crippen LogP contribution in [0.1, 0.15) is 0 Å². The minimum atomic E-state index is 0.934. The molecule has 0 fully saturated rings. The second kappa shape index (κ2) is 11.3. The number of nitrogens with zero attached hydrogens (tertiary/aromatic N) is 2. The zero-order chi connectivity index (χ0) is 34.2. The fourth-order valence-corrected chi connectivity index (χ4v) is 8.51. The third-order valence-corrected chi connectivity index (χ3v) is 10.8. The molecule has 0 saturated carbocycles. The Morgan fingerprint density at radius 1 is 0.288 bits per heavy atom. The number of fused-ring (bicyclic) bond motifs is 11. The maximum atomic E-state index is 5.18. The molecule has 0 N–H and O–H groups in total. The lowest BCUT2D eigenvalue weighted by atomic mass is 9.85. The number of pyridine rings is 2. The summed E-state index contributed by atoms with van der Waals surface area (Å²) in [6, 6.07) is 63.9. The molecule has 0 unspecified atom stereocenters. The summed E-state index contributed by atoms with van der Waals surface area (Å²) in [6.07, 6.45) is 1.85. The molecule has 0 bridgehead atoms. The van der Waals surface area contributed by atoms with Gasteiger partial charge in [-0.25, -0.2) is 4.98 Å². The molecule has 2 nitrogen and oxygen atoms in total. The summed E-state index contributed by atoms with van der Waals surface area (Å²) in [6.45, 7) is 0. The van der Waals surface area contributed by atoms with Gasteiger partial charge in [0.1, 0.15) is 0 Å². The molecule has 52 heavy (non-hydrogen) atoms. The van der Waals surface area contributed by atoms with Crippen LogP contribution in [0.25, 0.3) is 109 Å². The standard InChI is InChI=1S/C50H30N2/c1-2-11-31(12-3-1)47-40-16-6-8-18-42(40)48(43-19-9-7-17-41(43)47)35-23-26-39-38-25-22-34(29-44(38)36-14-4-5-15-37(36)45(39)30-35)46-27-24-33-21-20-32-13-10-28-51-49(32)50(33)52-46/h1-30H. The van der Waals surface area contributed by atoms with Crippen LogP contribution in [0.4, 0.5) is 0 Å². The molecule has 2 heteroatoms. The minimum Gasteiger partial charge on any atom is -0.254 e. The van der Waals surface area contributed by atoms with E-state index in [0.717, 1.165) is 33.1 Å². The largest absolute Gasteiger partial charge is 0.254 e. The van der Waals surface area contributed by atoms with Gasteiger partial charge in [-0.2, -0.15) is 0 Å². The van der Waals surface area contributed by atoms with Gasteiger partial charge in [0.25, 0.3) is 0 Å². The second-order valence-corrected chi connectivity index (χ2v) is 13.7. The van der Waals surface area contributed by atoms with Gasteiger partial charge in [-0.1, -0.05) is 152 Å². The van der Waals surface area contributed by atoms with Crippen LogP contribution in [0, 0.1) is 0 Å². The third kappa shape index (κ3) is 4.31. The number of hydrogen-bond donors (Lipinski definition) is 0. The highest BCUT2D eigenvalue weighted by molar-refractivity contribution is 6.27. The number of hydrogen-bond acceptors (Lipinski definition) is 2. The van der Waals surface area contributed by atoms with Crippen LogP contribution in [-0.2, 0) is 0 Å². The molecule has 2 aromatic heterocycles. The molecule has 11 rings (SSSR count). The van der Waals surface area contributed by atoms with Gasteiger partial charge >= 0.3 is 0 Å². The van der Waals surface area contributed by atoms with Crippen LogP contribution >= 0.6 is 0 Å². The molecule has 0 radical (unpaired) electrons. The van der Waals surface area contributed by atoms with E-state index >= 15 is 0 Å². The average Bonchev–Trinajstić information content (AvgIpc) is 3.22. The second-order valence-electron chi connectivity index (χ2n) is 13.7. The first kappa shape index (κ1) is 28.9. The van der Waals surface area contributed by atoms with Crippen molar-refractivity contribution in [3.05, 3.63) is 182 Å². The number of rotatable bonds is 3. The monoisotopic (exact) mass is 658 g/mol. The molecule has 9 aromatic carbocycles. The van der Waals surface area contributed by atoms with Crippen molar-refractivity contribution in [2.24, 2.45) is 0 Å². The smallest absolute Gasteiger partial charge is 0.0972 e.